The quantitative estimate of drug-likeness (QED) is 0.709. The Balaban J connectivity index is 1.52. The number of carbonyl (C=O) groups excluding carboxylic acids is 1. The van der Waals surface area contributed by atoms with E-state index >= 15 is 0 Å². The van der Waals surface area contributed by atoms with Crippen LogP contribution < -0.4 is 5.32 Å². The number of fused-ring (bicyclic) bond motifs is 1. The van der Waals surface area contributed by atoms with Gasteiger partial charge in [0.2, 0.25) is 0 Å². The Hall–Kier alpha value is -2.54. The van der Waals surface area contributed by atoms with Crippen LogP contribution >= 0.6 is 11.6 Å². The first kappa shape index (κ1) is 17.3. The van der Waals surface area contributed by atoms with Gasteiger partial charge in [-0.1, -0.05) is 11.6 Å². The Morgan fingerprint density at radius 1 is 1.48 bits per heavy atom. The molecular weight excluding hydrogens is 340 g/mol. The lowest BCUT2D eigenvalue weighted by Gasteiger charge is -2.20. The number of H-pyrrole nitrogens is 1. The molecule has 25 heavy (non-hydrogen) atoms. The minimum Gasteiger partial charge on any atom is -0.340 e. The van der Waals surface area contributed by atoms with Crippen molar-refractivity contribution in [2.24, 2.45) is 0 Å². The SMILES string of the molecule is C[C@@H](CCn1cccn1)NC(=O)N(C)Cc1nc2ccc(Cl)cc2[nH]1. The van der Waals surface area contributed by atoms with E-state index in [4.69, 9.17) is 11.6 Å². The van der Waals surface area contributed by atoms with Crippen molar-refractivity contribution >= 4 is 28.7 Å². The highest BCUT2D eigenvalue weighted by atomic mass is 35.5. The number of carbonyl (C=O) groups is 1. The van der Waals surface area contributed by atoms with Crippen LogP contribution in [-0.2, 0) is 13.1 Å². The second kappa shape index (κ2) is 7.57. The fourth-order valence-corrected chi connectivity index (χ4v) is 2.73. The van der Waals surface area contributed by atoms with E-state index in [1.807, 2.05) is 36.0 Å². The van der Waals surface area contributed by atoms with Crippen molar-refractivity contribution in [2.45, 2.75) is 32.5 Å². The second-order valence-electron chi connectivity index (χ2n) is 6.11. The molecule has 0 bridgehead atoms. The molecule has 8 heteroatoms. The summed E-state index contributed by atoms with van der Waals surface area (Å²) in [5, 5.41) is 7.80. The molecule has 0 spiro atoms. The van der Waals surface area contributed by atoms with Crippen LogP contribution in [0.1, 0.15) is 19.2 Å². The van der Waals surface area contributed by atoms with Gasteiger partial charge in [0.25, 0.3) is 0 Å². The van der Waals surface area contributed by atoms with E-state index in [0.29, 0.717) is 11.6 Å². The Bertz CT molecular complexity index is 844. The first-order valence-corrected chi connectivity index (χ1v) is 8.52. The van der Waals surface area contributed by atoms with Crippen LogP contribution in [0.3, 0.4) is 0 Å². The number of hydrogen-bond acceptors (Lipinski definition) is 3. The number of aryl methyl sites for hydroxylation is 1. The van der Waals surface area contributed by atoms with Gasteiger partial charge in [0.15, 0.2) is 0 Å². The number of aromatic amines is 1. The molecule has 0 aliphatic heterocycles. The highest BCUT2D eigenvalue weighted by molar-refractivity contribution is 6.31. The van der Waals surface area contributed by atoms with Crippen molar-refractivity contribution in [2.75, 3.05) is 7.05 Å². The third kappa shape index (κ3) is 4.51. The van der Waals surface area contributed by atoms with Gasteiger partial charge in [0.05, 0.1) is 17.6 Å². The van der Waals surface area contributed by atoms with Crippen LogP contribution in [0.4, 0.5) is 4.79 Å². The molecule has 0 saturated heterocycles. The van der Waals surface area contributed by atoms with Crippen molar-refractivity contribution in [1.82, 2.24) is 30.0 Å². The van der Waals surface area contributed by atoms with Crippen LogP contribution in [0.2, 0.25) is 5.02 Å². The van der Waals surface area contributed by atoms with Crippen molar-refractivity contribution in [3.05, 3.63) is 47.5 Å². The van der Waals surface area contributed by atoms with Gasteiger partial charge in [-0.15, -0.1) is 0 Å². The average molecular weight is 361 g/mol. The third-order valence-electron chi connectivity index (χ3n) is 3.95. The lowest BCUT2D eigenvalue weighted by Crippen LogP contribution is -2.42. The molecule has 7 nitrogen and oxygen atoms in total. The zero-order chi connectivity index (χ0) is 17.8. The van der Waals surface area contributed by atoms with E-state index in [9.17, 15) is 4.79 Å². The standard InChI is InChI=1S/C17H21ClN6O/c1-12(6-9-24-8-3-7-19-24)20-17(25)23(2)11-16-21-14-5-4-13(18)10-15(14)22-16/h3-5,7-8,10,12H,6,9,11H2,1-2H3,(H,20,25)(H,21,22)/t12-/m0/s1. The molecule has 1 aromatic carbocycles. The van der Waals surface area contributed by atoms with E-state index in [2.05, 4.69) is 20.4 Å². The van der Waals surface area contributed by atoms with Crippen LogP contribution in [0.5, 0.6) is 0 Å². The van der Waals surface area contributed by atoms with Crippen molar-refractivity contribution < 1.29 is 4.79 Å². The second-order valence-corrected chi connectivity index (χ2v) is 6.55. The molecule has 132 valence electrons. The van der Waals surface area contributed by atoms with Gasteiger partial charge in [-0.2, -0.15) is 5.10 Å². The van der Waals surface area contributed by atoms with Gasteiger partial charge in [0, 0.05) is 37.1 Å². The number of rotatable bonds is 6. The van der Waals surface area contributed by atoms with Crippen molar-refractivity contribution in [1.29, 1.82) is 0 Å². The van der Waals surface area contributed by atoms with Gasteiger partial charge in [-0.05, 0) is 37.6 Å². The smallest absolute Gasteiger partial charge is 0.317 e. The maximum absolute atomic E-state index is 12.3. The molecule has 0 aliphatic carbocycles. The summed E-state index contributed by atoms with van der Waals surface area (Å²) < 4.78 is 1.85. The molecule has 2 aromatic heterocycles. The molecule has 3 rings (SSSR count). The number of benzene rings is 1. The van der Waals surface area contributed by atoms with Crippen molar-refractivity contribution in [3.63, 3.8) is 0 Å². The molecule has 0 aliphatic rings. The molecule has 3 aromatic rings. The minimum atomic E-state index is -0.133. The van der Waals surface area contributed by atoms with Crippen molar-refractivity contribution in [3.8, 4) is 0 Å². The monoisotopic (exact) mass is 360 g/mol. The highest BCUT2D eigenvalue weighted by Gasteiger charge is 2.14. The molecule has 2 amide bonds. The number of hydrogen-bond donors (Lipinski definition) is 2. The Kier molecular flexibility index (Phi) is 5.23. The summed E-state index contributed by atoms with van der Waals surface area (Å²) in [4.78, 5) is 21.6. The van der Waals surface area contributed by atoms with E-state index in [1.54, 1.807) is 24.2 Å². The normalized spacial score (nSPS) is 12.3. The van der Waals surface area contributed by atoms with E-state index in [0.717, 1.165) is 29.8 Å². The molecule has 0 radical (unpaired) electrons. The molecule has 1 atom stereocenters. The van der Waals surface area contributed by atoms with Crippen LogP contribution in [0.15, 0.2) is 36.7 Å². The number of urea groups is 1. The lowest BCUT2D eigenvalue weighted by molar-refractivity contribution is 0.201. The van der Waals surface area contributed by atoms with Crippen LogP contribution in [0.25, 0.3) is 11.0 Å². The predicted molar refractivity (Wildman–Crippen MR) is 97.4 cm³/mol. The van der Waals surface area contributed by atoms with Gasteiger partial charge in [-0.3, -0.25) is 4.68 Å². The average Bonchev–Trinajstić information content (AvgIpc) is 3.21. The number of halogens is 1. The first-order valence-electron chi connectivity index (χ1n) is 8.14. The van der Waals surface area contributed by atoms with E-state index < -0.39 is 0 Å². The molecule has 2 N–H and O–H groups in total. The number of nitrogens with zero attached hydrogens (tertiary/aromatic N) is 4. The molecule has 2 heterocycles. The summed E-state index contributed by atoms with van der Waals surface area (Å²) in [6, 6.07) is 7.28. The Labute approximate surface area is 151 Å². The van der Waals surface area contributed by atoms with Crippen LogP contribution in [-0.4, -0.2) is 43.8 Å². The fraction of sp³-hybridized carbons (Fsp3) is 0.353. The predicted octanol–water partition coefficient (Wildman–Crippen LogP) is 3.03. The summed E-state index contributed by atoms with van der Waals surface area (Å²) in [7, 11) is 1.75. The Morgan fingerprint density at radius 2 is 2.32 bits per heavy atom. The van der Waals surface area contributed by atoms with Gasteiger partial charge < -0.3 is 15.2 Å². The zero-order valence-electron chi connectivity index (χ0n) is 14.2. The van der Waals surface area contributed by atoms with Gasteiger partial charge >= 0.3 is 6.03 Å². The summed E-state index contributed by atoms with van der Waals surface area (Å²) in [6.45, 7) is 3.14. The zero-order valence-corrected chi connectivity index (χ0v) is 15.0. The molecular formula is C17H21ClN6O. The number of amides is 2. The van der Waals surface area contributed by atoms with E-state index in [1.165, 1.54) is 0 Å². The molecule has 0 fully saturated rings. The summed E-state index contributed by atoms with van der Waals surface area (Å²) in [6.07, 6.45) is 4.47. The van der Waals surface area contributed by atoms with Gasteiger partial charge in [-0.25, -0.2) is 9.78 Å². The maximum Gasteiger partial charge on any atom is 0.317 e. The topological polar surface area (TPSA) is 78.8 Å². The minimum absolute atomic E-state index is 0.0497. The molecule has 0 saturated carbocycles. The first-order chi connectivity index (χ1) is 12.0. The summed E-state index contributed by atoms with van der Waals surface area (Å²) >= 11 is 5.98. The fourth-order valence-electron chi connectivity index (χ4n) is 2.56. The number of aromatic nitrogens is 4. The number of imidazole rings is 1. The largest absolute Gasteiger partial charge is 0.340 e. The Morgan fingerprint density at radius 3 is 3.08 bits per heavy atom. The third-order valence-corrected chi connectivity index (χ3v) is 4.18. The number of nitrogens with one attached hydrogen (secondary N) is 2. The molecule has 0 unspecified atom stereocenters. The highest BCUT2D eigenvalue weighted by Crippen LogP contribution is 2.17. The van der Waals surface area contributed by atoms with E-state index in [-0.39, 0.29) is 12.1 Å². The maximum atomic E-state index is 12.3. The van der Waals surface area contributed by atoms with Crippen LogP contribution in [0, 0.1) is 0 Å². The summed E-state index contributed by atoms with van der Waals surface area (Å²) in [5.41, 5.74) is 1.70. The van der Waals surface area contributed by atoms with Gasteiger partial charge in [0.1, 0.15) is 5.82 Å². The summed E-state index contributed by atoms with van der Waals surface area (Å²) in [5.74, 6) is 0.721. The lowest BCUT2D eigenvalue weighted by atomic mass is 10.2.